The van der Waals surface area contributed by atoms with Crippen LogP contribution >= 0.6 is 23.1 Å². The molecule has 1 aliphatic rings. The Kier molecular flexibility index (Phi) is 4.05. The minimum atomic E-state index is -0.699. The van der Waals surface area contributed by atoms with Crippen molar-refractivity contribution >= 4 is 33.3 Å². The van der Waals surface area contributed by atoms with Crippen molar-refractivity contribution in [1.82, 2.24) is 18.7 Å². The Labute approximate surface area is 131 Å². The average Bonchev–Trinajstić information content (AvgIpc) is 3.06. The summed E-state index contributed by atoms with van der Waals surface area (Å²) in [5.74, 6) is 1.57. The van der Waals surface area contributed by atoms with E-state index in [1.165, 1.54) is 23.1 Å². The number of piperidine rings is 1. The van der Waals surface area contributed by atoms with E-state index >= 15 is 0 Å². The zero-order valence-electron chi connectivity index (χ0n) is 12.0. The van der Waals surface area contributed by atoms with Crippen molar-refractivity contribution in [3.05, 3.63) is 11.6 Å². The van der Waals surface area contributed by atoms with Crippen molar-refractivity contribution in [2.45, 2.75) is 32.3 Å². The SMILES string of the molecule is Cc1nsc(NCC2(O)CCN(c3nc(C)ns3)CC2)n1. The van der Waals surface area contributed by atoms with Crippen LogP contribution in [0.4, 0.5) is 10.3 Å². The molecule has 1 saturated heterocycles. The number of anilines is 2. The first-order valence-corrected chi connectivity index (χ1v) is 8.41. The molecule has 1 aliphatic heterocycles. The molecule has 114 valence electrons. The summed E-state index contributed by atoms with van der Waals surface area (Å²) < 4.78 is 8.33. The molecule has 2 aromatic heterocycles. The largest absolute Gasteiger partial charge is 0.388 e. The van der Waals surface area contributed by atoms with Gasteiger partial charge in [0.25, 0.3) is 0 Å². The fourth-order valence-electron chi connectivity index (χ4n) is 2.31. The van der Waals surface area contributed by atoms with Crippen LogP contribution in [-0.2, 0) is 0 Å². The van der Waals surface area contributed by atoms with Gasteiger partial charge in [0.1, 0.15) is 11.6 Å². The van der Waals surface area contributed by atoms with Crippen LogP contribution in [0.3, 0.4) is 0 Å². The van der Waals surface area contributed by atoms with E-state index in [9.17, 15) is 5.11 Å². The predicted molar refractivity (Wildman–Crippen MR) is 84.2 cm³/mol. The highest BCUT2D eigenvalue weighted by Crippen LogP contribution is 2.27. The van der Waals surface area contributed by atoms with Gasteiger partial charge in [0.05, 0.1) is 5.60 Å². The number of nitrogens with one attached hydrogen (secondary N) is 1. The van der Waals surface area contributed by atoms with Gasteiger partial charge in [-0.3, -0.25) is 0 Å². The number of hydrogen-bond donors (Lipinski definition) is 2. The first-order valence-electron chi connectivity index (χ1n) is 6.86. The minimum Gasteiger partial charge on any atom is -0.388 e. The van der Waals surface area contributed by atoms with Gasteiger partial charge in [-0.15, -0.1) is 0 Å². The highest BCUT2D eigenvalue weighted by Gasteiger charge is 2.33. The van der Waals surface area contributed by atoms with E-state index in [0.717, 1.165) is 35.0 Å². The number of aryl methyl sites for hydroxylation is 2. The molecule has 2 N–H and O–H groups in total. The Balaban J connectivity index is 1.54. The Morgan fingerprint density at radius 1 is 1.14 bits per heavy atom. The summed E-state index contributed by atoms with van der Waals surface area (Å²) in [5, 5.41) is 15.5. The first kappa shape index (κ1) is 14.6. The summed E-state index contributed by atoms with van der Waals surface area (Å²) in [4.78, 5) is 10.8. The average molecular weight is 326 g/mol. The lowest BCUT2D eigenvalue weighted by atomic mass is 9.91. The number of hydrogen-bond acceptors (Lipinski definition) is 9. The molecule has 9 heteroatoms. The fourth-order valence-corrected chi connectivity index (χ4v) is 3.61. The molecule has 0 saturated carbocycles. The van der Waals surface area contributed by atoms with Crippen LogP contribution in [0.15, 0.2) is 0 Å². The predicted octanol–water partition coefficient (Wildman–Crippen LogP) is 1.45. The third-order valence-corrected chi connectivity index (χ3v) is 5.21. The van der Waals surface area contributed by atoms with Crippen molar-refractivity contribution in [2.75, 3.05) is 29.9 Å². The van der Waals surface area contributed by atoms with Gasteiger partial charge in [-0.2, -0.15) is 8.75 Å². The molecular formula is C12H18N6OS2. The van der Waals surface area contributed by atoms with Gasteiger partial charge in [0.2, 0.25) is 10.3 Å². The maximum atomic E-state index is 10.6. The number of rotatable bonds is 4. The third-order valence-electron chi connectivity index (χ3n) is 3.58. The molecule has 0 bridgehead atoms. The molecule has 7 nitrogen and oxygen atoms in total. The molecule has 3 heterocycles. The van der Waals surface area contributed by atoms with Crippen LogP contribution in [0.2, 0.25) is 0 Å². The molecule has 21 heavy (non-hydrogen) atoms. The zero-order valence-corrected chi connectivity index (χ0v) is 13.7. The molecular weight excluding hydrogens is 308 g/mol. The van der Waals surface area contributed by atoms with E-state index in [4.69, 9.17) is 0 Å². The molecule has 0 radical (unpaired) electrons. The standard InChI is InChI=1S/C12H18N6OS2/c1-8-14-10(20-16-8)13-7-12(19)3-5-18(6-4-12)11-15-9(2)17-21-11/h19H,3-7H2,1-2H3,(H,13,14,16). The molecule has 0 atom stereocenters. The smallest absolute Gasteiger partial charge is 0.205 e. The van der Waals surface area contributed by atoms with Crippen LogP contribution in [0.5, 0.6) is 0 Å². The first-order chi connectivity index (χ1) is 10.0. The molecule has 0 unspecified atom stereocenters. The van der Waals surface area contributed by atoms with Crippen molar-refractivity contribution in [2.24, 2.45) is 0 Å². The second-order valence-corrected chi connectivity index (χ2v) is 6.82. The second kappa shape index (κ2) is 5.82. The molecule has 0 aliphatic carbocycles. The van der Waals surface area contributed by atoms with E-state index in [1.54, 1.807) is 0 Å². The van der Waals surface area contributed by atoms with Crippen LogP contribution in [0.25, 0.3) is 0 Å². The highest BCUT2D eigenvalue weighted by molar-refractivity contribution is 7.10. The number of aromatic nitrogens is 4. The third kappa shape index (κ3) is 3.47. The molecule has 3 rings (SSSR count). The summed E-state index contributed by atoms with van der Waals surface area (Å²) in [5.41, 5.74) is -0.699. The van der Waals surface area contributed by atoms with Crippen LogP contribution in [-0.4, -0.2) is 49.1 Å². The van der Waals surface area contributed by atoms with Gasteiger partial charge in [-0.25, -0.2) is 9.97 Å². The normalized spacial score (nSPS) is 18.0. The molecule has 0 amide bonds. The summed E-state index contributed by atoms with van der Waals surface area (Å²) in [6, 6.07) is 0. The molecule has 0 aromatic carbocycles. The Morgan fingerprint density at radius 2 is 1.81 bits per heavy atom. The van der Waals surface area contributed by atoms with Gasteiger partial charge in [0, 0.05) is 42.7 Å². The van der Waals surface area contributed by atoms with Crippen molar-refractivity contribution in [3.63, 3.8) is 0 Å². The molecule has 1 fully saturated rings. The van der Waals surface area contributed by atoms with E-state index in [0.29, 0.717) is 19.4 Å². The van der Waals surface area contributed by atoms with E-state index in [-0.39, 0.29) is 0 Å². The fraction of sp³-hybridized carbons (Fsp3) is 0.667. The molecule has 0 spiro atoms. The lowest BCUT2D eigenvalue weighted by Crippen LogP contribution is -2.48. The van der Waals surface area contributed by atoms with Gasteiger partial charge in [-0.05, 0) is 26.7 Å². The van der Waals surface area contributed by atoms with Crippen LogP contribution < -0.4 is 10.2 Å². The van der Waals surface area contributed by atoms with Crippen molar-refractivity contribution in [3.8, 4) is 0 Å². The highest BCUT2D eigenvalue weighted by atomic mass is 32.1. The maximum absolute atomic E-state index is 10.6. The lowest BCUT2D eigenvalue weighted by Gasteiger charge is -2.37. The lowest BCUT2D eigenvalue weighted by molar-refractivity contribution is 0.0291. The second-order valence-electron chi connectivity index (χ2n) is 5.34. The number of nitrogens with zero attached hydrogens (tertiary/aromatic N) is 5. The van der Waals surface area contributed by atoms with E-state index in [1.807, 2.05) is 13.8 Å². The van der Waals surface area contributed by atoms with Crippen molar-refractivity contribution in [1.29, 1.82) is 0 Å². The van der Waals surface area contributed by atoms with Gasteiger partial charge < -0.3 is 15.3 Å². The Hall–Kier alpha value is -1.32. The summed E-state index contributed by atoms with van der Waals surface area (Å²) >= 11 is 2.75. The topological polar surface area (TPSA) is 87.1 Å². The van der Waals surface area contributed by atoms with E-state index in [2.05, 4.69) is 28.9 Å². The summed E-state index contributed by atoms with van der Waals surface area (Å²) in [7, 11) is 0. The number of aliphatic hydroxyl groups is 1. The quantitative estimate of drug-likeness (QED) is 0.879. The maximum Gasteiger partial charge on any atom is 0.205 e. The Morgan fingerprint density at radius 3 is 2.38 bits per heavy atom. The Bertz CT molecular complexity index is 604. The van der Waals surface area contributed by atoms with E-state index < -0.39 is 5.60 Å². The minimum absolute atomic E-state index is 0.505. The molecule has 2 aromatic rings. The van der Waals surface area contributed by atoms with Crippen LogP contribution in [0, 0.1) is 13.8 Å². The zero-order chi connectivity index (χ0) is 14.9. The van der Waals surface area contributed by atoms with Gasteiger partial charge >= 0.3 is 0 Å². The van der Waals surface area contributed by atoms with Gasteiger partial charge in [0.15, 0.2) is 0 Å². The van der Waals surface area contributed by atoms with Crippen molar-refractivity contribution < 1.29 is 5.11 Å². The monoisotopic (exact) mass is 326 g/mol. The van der Waals surface area contributed by atoms with Gasteiger partial charge in [-0.1, -0.05) is 0 Å². The summed E-state index contributed by atoms with van der Waals surface area (Å²) in [6.45, 7) is 5.85. The van der Waals surface area contributed by atoms with Crippen LogP contribution in [0.1, 0.15) is 24.5 Å². The summed E-state index contributed by atoms with van der Waals surface area (Å²) in [6.07, 6.45) is 1.41.